The molecular formula is C34H40F3N5O2. The molecule has 1 spiro atoms. The minimum atomic E-state index is -4.38. The molecule has 3 heterocycles. The molecule has 0 radical (unpaired) electrons. The normalized spacial score (nSPS) is 18.8. The van der Waals surface area contributed by atoms with Gasteiger partial charge in [0.15, 0.2) is 11.5 Å². The molecule has 2 aliphatic heterocycles. The van der Waals surface area contributed by atoms with E-state index in [1.54, 1.807) is 12.1 Å². The van der Waals surface area contributed by atoms with Crippen LogP contribution in [0.5, 0.6) is 5.75 Å². The van der Waals surface area contributed by atoms with Gasteiger partial charge in [-0.25, -0.2) is 0 Å². The predicted octanol–water partition coefficient (Wildman–Crippen LogP) is 7.02. The van der Waals surface area contributed by atoms with Crippen molar-refractivity contribution in [2.75, 3.05) is 36.0 Å². The molecular weight excluding hydrogens is 567 g/mol. The van der Waals surface area contributed by atoms with Gasteiger partial charge < -0.3 is 19.9 Å². The van der Waals surface area contributed by atoms with E-state index in [2.05, 4.69) is 25.3 Å². The van der Waals surface area contributed by atoms with E-state index in [9.17, 15) is 18.0 Å². The number of hydrogen-bond acceptors (Lipinski definition) is 6. The second-order valence-electron chi connectivity index (χ2n) is 12.4. The van der Waals surface area contributed by atoms with Crippen LogP contribution in [0.15, 0.2) is 60.7 Å². The Labute approximate surface area is 256 Å². The van der Waals surface area contributed by atoms with Crippen LogP contribution in [0.1, 0.15) is 79.4 Å². The number of benzene rings is 2. The number of nitrogens with one attached hydrogen (secondary N) is 1. The summed E-state index contributed by atoms with van der Waals surface area (Å²) in [7, 11) is 0. The van der Waals surface area contributed by atoms with Crippen molar-refractivity contribution >= 4 is 17.4 Å². The maximum absolute atomic E-state index is 13.3. The Morgan fingerprint density at radius 3 is 2.45 bits per heavy atom. The molecule has 1 aliphatic carbocycles. The fourth-order valence-electron chi connectivity index (χ4n) is 6.85. The fraction of sp³-hybridized carbons (Fsp3) is 0.500. The van der Waals surface area contributed by atoms with E-state index >= 15 is 0 Å². The highest BCUT2D eigenvalue weighted by atomic mass is 19.4. The van der Waals surface area contributed by atoms with Crippen LogP contribution in [0.4, 0.5) is 24.7 Å². The van der Waals surface area contributed by atoms with Crippen LogP contribution in [-0.4, -0.2) is 47.9 Å². The highest BCUT2D eigenvalue weighted by molar-refractivity contribution is 5.92. The van der Waals surface area contributed by atoms with Gasteiger partial charge in [-0.2, -0.15) is 13.2 Å². The molecule has 0 unspecified atom stereocenters. The molecule has 1 saturated carbocycles. The minimum Gasteiger partial charge on any atom is -0.485 e. The Hall–Kier alpha value is -3.82. The number of para-hydroxylation sites is 2. The lowest BCUT2D eigenvalue weighted by atomic mass is 9.87. The van der Waals surface area contributed by atoms with Crippen LogP contribution in [0.3, 0.4) is 0 Å². The minimum absolute atomic E-state index is 0.183. The maximum atomic E-state index is 13.3. The summed E-state index contributed by atoms with van der Waals surface area (Å²) in [5.41, 5.74) is 0.809. The molecule has 1 amide bonds. The third-order valence-electron chi connectivity index (χ3n) is 9.44. The van der Waals surface area contributed by atoms with Gasteiger partial charge in [-0.3, -0.25) is 4.79 Å². The number of fused-ring (bicyclic) bond motifs is 1. The first-order valence-corrected chi connectivity index (χ1v) is 15.8. The monoisotopic (exact) mass is 607 g/mol. The molecule has 2 aromatic carbocycles. The van der Waals surface area contributed by atoms with Crippen molar-refractivity contribution < 1.29 is 22.7 Å². The number of carbonyl (C=O) groups excluding carboxylic acids is 1. The van der Waals surface area contributed by atoms with E-state index in [0.29, 0.717) is 36.8 Å². The second-order valence-corrected chi connectivity index (χ2v) is 12.4. The highest BCUT2D eigenvalue weighted by Gasteiger charge is 2.40. The quantitative estimate of drug-likeness (QED) is 0.311. The maximum Gasteiger partial charge on any atom is 0.416 e. The van der Waals surface area contributed by atoms with Crippen LogP contribution in [0, 0.1) is 5.92 Å². The Morgan fingerprint density at radius 2 is 1.70 bits per heavy atom. The Kier molecular flexibility index (Phi) is 8.96. The first-order valence-electron chi connectivity index (χ1n) is 15.8. The summed E-state index contributed by atoms with van der Waals surface area (Å²) in [6.45, 7) is 3.14. The number of ether oxygens (including phenoxy) is 1. The zero-order chi connectivity index (χ0) is 30.6. The third kappa shape index (κ3) is 7.11. The van der Waals surface area contributed by atoms with Crippen molar-refractivity contribution in [3.63, 3.8) is 0 Å². The number of rotatable bonds is 7. The van der Waals surface area contributed by atoms with E-state index in [0.717, 1.165) is 62.1 Å². The number of anilines is 2. The molecule has 3 aromatic rings. The van der Waals surface area contributed by atoms with Gasteiger partial charge >= 0.3 is 6.18 Å². The average Bonchev–Trinajstić information content (AvgIpc) is 3.18. The smallest absolute Gasteiger partial charge is 0.416 e. The molecule has 1 aromatic heterocycles. The summed E-state index contributed by atoms with van der Waals surface area (Å²) in [5.74, 6) is 2.02. The van der Waals surface area contributed by atoms with Crippen molar-refractivity contribution in [1.82, 2.24) is 15.5 Å². The zero-order valence-corrected chi connectivity index (χ0v) is 25.0. The molecule has 1 N–H and O–H groups in total. The average molecular weight is 608 g/mol. The van der Waals surface area contributed by atoms with E-state index in [-0.39, 0.29) is 11.5 Å². The van der Waals surface area contributed by atoms with Gasteiger partial charge in [0.2, 0.25) is 0 Å². The summed E-state index contributed by atoms with van der Waals surface area (Å²) in [6, 6.07) is 16.9. The number of aromatic nitrogens is 2. The van der Waals surface area contributed by atoms with Crippen LogP contribution in [0.2, 0.25) is 0 Å². The van der Waals surface area contributed by atoms with Gasteiger partial charge in [-0.15, -0.1) is 10.2 Å². The molecule has 7 nitrogen and oxygen atoms in total. The second kappa shape index (κ2) is 13.0. The standard InChI is InChI=1S/C34H40F3N5O2/c35-34(36,37)27-10-6-9-26(23-27)24-42-22-18-33(44-30-12-5-4-11-29(30)42)16-20-41(21-17-33)31-14-13-28(39-40-31)32(43)38-19-15-25-7-2-1-3-8-25/h4-6,9-14,23,25H,1-3,7-8,15-22,24H2,(H,38,43). The molecule has 2 fully saturated rings. The van der Waals surface area contributed by atoms with E-state index in [1.807, 2.05) is 30.3 Å². The number of halogens is 3. The Morgan fingerprint density at radius 1 is 0.932 bits per heavy atom. The molecule has 6 rings (SSSR count). The van der Waals surface area contributed by atoms with Crippen molar-refractivity contribution in [3.8, 4) is 5.75 Å². The first kappa shape index (κ1) is 30.2. The Bertz CT molecular complexity index is 1420. The zero-order valence-electron chi connectivity index (χ0n) is 25.0. The molecule has 10 heteroatoms. The summed E-state index contributed by atoms with van der Waals surface area (Å²) < 4.78 is 46.7. The molecule has 234 valence electrons. The summed E-state index contributed by atoms with van der Waals surface area (Å²) in [6.07, 6.45) is 5.37. The lowest BCUT2D eigenvalue weighted by Crippen LogP contribution is -2.49. The largest absolute Gasteiger partial charge is 0.485 e. The van der Waals surface area contributed by atoms with Gasteiger partial charge in [-0.1, -0.05) is 56.4 Å². The summed E-state index contributed by atoms with van der Waals surface area (Å²) >= 11 is 0. The predicted molar refractivity (Wildman–Crippen MR) is 164 cm³/mol. The van der Waals surface area contributed by atoms with Crippen molar-refractivity contribution in [3.05, 3.63) is 77.5 Å². The van der Waals surface area contributed by atoms with Crippen LogP contribution >= 0.6 is 0 Å². The topological polar surface area (TPSA) is 70.6 Å². The number of amides is 1. The van der Waals surface area contributed by atoms with Gasteiger partial charge in [0.05, 0.1) is 11.3 Å². The molecule has 0 bridgehead atoms. The molecule has 3 aliphatic rings. The molecule has 0 atom stereocenters. The van der Waals surface area contributed by atoms with Crippen molar-refractivity contribution in [2.24, 2.45) is 5.92 Å². The molecule has 1 saturated heterocycles. The number of alkyl halides is 3. The van der Waals surface area contributed by atoms with E-state index in [4.69, 9.17) is 4.74 Å². The van der Waals surface area contributed by atoms with E-state index in [1.165, 1.54) is 44.2 Å². The molecule has 44 heavy (non-hydrogen) atoms. The fourth-order valence-corrected chi connectivity index (χ4v) is 6.85. The summed E-state index contributed by atoms with van der Waals surface area (Å²) in [4.78, 5) is 16.9. The SMILES string of the molecule is O=C(NCCC1CCCCC1)c1ccc(N2CCC3(CC2)CCN(Cc2cccc(C(F)(F)F)c2)c2ccccc2O3)nn1. The number of hydrogen-bond donors (Lipinski definition) is 1. The van der Waals surface area contributed by atoms with Gasteiger partial charge in [0.1, 0.15) is 11.4 Å². The van der Waals surface area contributed by atoms with Crippen LogP contribution < -0.4 is 19.9 Å². The number of carbonyl (C=O) groups is 1. The van der Waals surface area contributed by atoms with Crippen molar-refractivity contribution in [2.45, 2.75) is 76.1 Å². The van der Waals surface area contributed by atoms with E-state index < -0.39 is 11.7 Å². The Balaban J connectivity index is 1.06. The summed E-state index contributed by atoms with van der Waals surface area (Å²) in [5, 5.41) is 11.6. The lowest BCUT2D eigenvalue weighted by molar-refractivity contribution is -0.137. The lowest BCUT2D eigenvalue weighted by Gasteiger charge is -2.41. The van der Waals surface area contributed by atoms with Crippen molar-refractivity contribution in [1.29, 1.82) is 0 Å². The highest BCUT2D eigenvalue weighted by Crippen LogP contribution is 2.41. The van der Waals surface area contributed by atoms with Crippen LogP contribution in [0.25, 0.3) is 0 Å². The third-order valence-corrected chi connectivity index (χ3v) is 9.44. The van der Waals surface area contributed by atoms with Gasteiger partial charge in [-0.05, 0) is 54.3 Å². The first-order chi connectivity index (χ1) is 21.3. The van der Waals surface area contributed by atoms with Gasteiger partial charge in [0.25, 0.3) is 5.91 Å². The number of nitrogens with zero attached hydrogens (tertiary/aromatic N) is 4. The number of piperidine rings is 1. The van der Waals surface area contributed by atoms with Gasteiger partial charge in [0, 0.05) is 52.0 Å². The van der Waals surface area contributed by atoms with Crippen LogP contribution in [-0.2, 0) is 12.7 Å².